The smallest absolute Gasteiger partial charge is 0.263 e. The van der Waals surface area contributed by atoms with Crippen molar-refractivity contribution >= 4 is 5.91 Å². The Kier molecular flexibility index (Phi) is 5.88. The number of fused-ring (bicyclic) bond motifs is 1. The largest absolute Gasteiger partial charge is 0.454 e. The second kappa shape index (κ2) is 9.05. The van der Waals surface area contributed by atoms with Crippen molar-refractivity contribution in [1.29, 1.82) is 5.26 Å². The highest BCUT2D eigenvalue weighted by Crippen LogP contribution is 2.61. The number of nitrogens with one attached hydrogen (secondary N) is 1. The van der Waals surface area contributed by atoms with Gasteiger partial charge in [0.2, 0.25) is 6.79 Å². The lowest BCUT2D eigenvalue weighted by Gasteiger charge is -2.59. The first-order valence-electron chi connectivity index (χ1n) is 13.3. The van der Waals surface area contributed by atoms with E-state index in [1.165, 1.54) is 44.1 Å². The summed E-state index contributed by atoms with van der Waals surface area (Å²) in [5.41, 5.74) is 1.67. The van der Waals surface area contributed by atoms with Crippen LogP contribution in [0.15, 0.2) is 30.0 Å². The van der Waals surface area contributed by atoms with E-state index >= 15 is 0 Å². The van der Waals surface area contributed by atoms with Crippen molar-refractivity contribution in [2.45, 2.75) is 58.0 Å². The van der Waals surface area contributed by atoms with Gasteiger partial charge in [-0.05, 0) is 86.3 Å². The van der Waals surface area contributed by atoms with Gasteiger partial charge in [-0.3, -0.25) is 9.69 Å². The number of rotatable bonds is 6. The van der Waals surface area contributed by atoms with Gasteiger partial charge in [-0.1, -0.05) is 6.07 Å². The van der Waals surface area contributed by atoms with Gasteiger partial charge in [0.1, 0.15) is 11.6 Å². The summed E-state index contributed by atoms with van der Waals surface area (Å²) in [7, 11) is 0. The highest BCUT2D eigenvalue weighted by atomic mass is 16.7. The van der Waals surface area contributed by atoms with Gasteiger partial charge < -0.3 is 19.7 Å². The van der Waals surface area contributed by atoms with E-state index in [4.69, 9.17) is 9.47 Å². The number of carbonyl (C=O) groups excluding carboxylic acids is 1. The maximum Gasteiger partial charge on any atom is 0.263 e. The fourth-order valence-electron chi connectivity index (χ4n) is 7.80. The topological polar surface area (TPSA) is 77.8 Å². The lowest BCUT2D eigenvalue weighted by molar-refractivity contribution is -0.122. The van der Waals surface area contributed by atoms with Crippen LogP contribution in [0.2, 0.25) is 0 Å². The van der Waals surface area contributed by atoms with E-state index in [0.29, 0.717) is 6.79 Å². The van der Waals surface area contributed by atoms with Crippen LogP contribution in [-0.4, -0.2) is 54.7 Å². The zero-order valence-corrected chi connectivity index (χ0v) is 20.7. The molecule has 0 aromatic heterocycles. The van der Waals surface area contributed by atoms with E-state index < -0.39 is 0 Å². The van der Waals surface area contributed by atoms with Crippen molar-refractivity contribution in [2.24, 2.45) is 23.2 Å². The Balaban J connectivity index is 1.03. The third kappa shape index (κ3) is 4.49. The van der Waals surface area contributed by atoms with Gasteiger partial charge in [0.15, 0.2) is 11.5 Å². The van der Waals surface area contributed by atoms with Gasteiger partial charge in [-0.15, -0.1) is 0 Å². The van der Waals surface area contributed by atoms with Gasteiger partial charge in [0, 0.05) is 45.0 Å². The predicted molar refractivity (Wildman–Crippen MR) is 131 cm³/mol. The van der Waals surface area contributed by atoms with E-state index in [2.05, 4.69) is 40.2 Å². The van der Waals surface area contributed by atoms with Crippen LogP contribution in [0.5, 0.6) is 11.5 Å². The maximum atomic E-state index is 13.1. The summed E-state index contributed by atoms with van der Waals surface area (Å²) in [6.45, 7) is 6.68. The first-order chi connectivity index (χ1) is 17.0. The molecular formula is C28H36N4O3. The molecule has 1 unspecified atom stereocenters. The molecule has 1 atom stereocenters. The van der Waals surface area contributed by atoms with Crippen LogP contribution in [0, 0.1) is 34.5 Å². The number of piperazine rings is 1. The fourth-order valence-corrected chi connectivity index (χ4v) is 7.80. The van der Waals surface area contributed by atoms with Crippen molar-refractivity contribution < 1.29 is 14.3 Å². The SMILES string of the molecule is CC(NC(=O)/C(C#N)=C\N1CCN(Cc2ccc3c(c2)OCO3)CC1)C12CC3CC(CC(C3)C1)C2. The third-order valence-corrected chi connectivity index (χ3v) is 9.28. The standard InChI is InChI=1S/C28H36N4O3/c1-19(28-12-21-8-22(13-28)10-23(9-21)14-28)30-27(33)24(15-29)17-32-6-4-31(5-7-32)16-20-2-3-25-26(11-20)35-18-34-25/h2-3,11,17,19,21-23H,4-10,12-14,16,18H2,1H3,(H,30,33)/b24-17-. The molecule has 1 N–H and O–H groups in total. The van der Waals surface area contributed by atoms with Crippen LogP contribution in [0.25, 0.3) is 0 Å². The average Bonchev–Trinajstić information content (AvgIpc) is 3.30. The van der Waals surface area contributed by atoms with Crippen LogP contribution in [0.3, 0.4) is 0 Å². The van der Waals surface area contributed by atoms with E-state index in [1.54, 1.807) is 6.20 Å². The summed E-state index contributed by atoms with van der Waals surface area (Å²) < 4.78 is 10.9. The van der Waals surface area contributed by atoms with Crippen molar-refractivity contribution in [2.75, 3.05) is 33.0 Å². The van der Waals surface area contributed by atoms with Gasteiger partial charge >= 0.3 is 0 Å². The van der Waals surface area contributed by atoms with Gasteiger partial charge in [0.05, 0.1) is 0 Å². The molecule has 4 bridgehead atoms. The summed E-state index contributed by atoms with van der Waals surface area (Å²) in [5.74, 6) is 3.96. The molecule has 0 spiro atoms. The summed E-state index contributed by atoms with van der Waals surface area (Å²) in [6, 6.07) is 8.41. The van der Waals surface area contributed by atoms with Gasteiger partial charge in [0.25, 0.3) is 5.91 Å². The molecule has 7 heteroatoms. The molecule has 7 nitrogen and oxygen atoms in total. The van der Waals surface area contributed by atoms with E-state index in [-0.39, 0.29) is 22.9 Å². The molecule has 1 saturated heterocycles. The molecule has 7 rings (SSSR count). The Morgan fingerprint density at radius 3 is 2.43 bits per heavy atom. The summed E-state index contributed by atoms with van der Waals surface area (Å²) >= 11 is 0. The molecule has 1 aromatic rings. The quantitative estimate of drug-likeness (QED) is 0.499. The van der Waals surface area contributed by atoms with Crippen LogP contribution < -0.4 is 14.8 Å². The van der Waals surface area contributed by atoms with Crippen LogP contribution in [-0.2, 0) is 11.3 Å². The number of amides is 1. The molecular weight excluding hydrogens is 440 g/mol. The zero-order chi connectivity index (χ0) is 24.0. The van der Waals surface area contributed by atoms with Gasteiger partial charge in [-0.25, -0.2) is 0 Å². The number of benzene rings is 1. The highest BCUT2D eigenvalue weighted by Gasteiger charge is 2.53. The second-order valence-electron chi connectivity index (χ2n) is 11.6. The Labute approximate surface area is 208 Å². The van der Waals surface area contributed by atoms with Crippen LogP contribution in [0.4, 0.5) is 0 Å². The minimum Gasteiger partial charge on any atom is -0.454 e. The lowest BCUT2D eigenvalue weighted by Crippen LogP contribution is -2.56. The lowest BCUT2D eigenvalue weighted by atomic mass is 9.48. The zero-order valence-electron chi connectivity index (χ0n) is 20.7. The van der Waals surface area contributed by atoms with E-state index in [9.17, 15) is 10.1 Å². The van der Waals surface area contributed by atoms with E-state index in [0.717, 1.165) is 62.0 Å². The highest BCUT2D eigenvalue weighted by molar-refractivity contribution is 5.97. The van der Waals surface area contributed by atoms with Crippen LogP contribution in [0.1, 0.15) is 51.0 Å². The van der Waals surface area contributed by atoms with E-state index in [1.807, 2.05) is 6.07 Å². The maximum absolute atomic E-state index is 13.1. The Bertz CT molecular complexity index is 1020. The molecule has 4 aliphatic carbocycles. The minimum atomic E-state index is -0.210. The summed E-state index contributed by atoms with van der Waals surface area (Å²) in [4.78, 5) is 17.6. The van der Waals surface area contributed by atoms with Crippen molar-refractivity contribution in [1.82, 2.24) is 15.1 Å². The summed E-state index contributed by atoms with van der Waals surface area (Å²) in [5, 5.41) is 13.0. The first kappa shape index (κ1) is 22.7. The summed E-state index contributed by atoms with van der Waals surface area (Å²) in [6.07, 6.45) is 9.70. The molecule has 1 aromatic carbocycles. The average molecular weight is 477 g/mol. The normalized spacial score (nSPS) is 32.4. The third-order valence-electron chi connectivity index (χ3n) is 9.28. The number of hydrogen-bond donors (Lipinski definition) is 1. The number of ether oxygens (including phenoxy) is 2. The molecule has 5 fully saturated rings. The number of carbonyl (C=O) groups is 1. The monoisotopic (exact) mass is 476 g/mol. The van der Waals surface area contributed by atoms with Gasteiger partial charge in [-0.2, -0.15) is 5.26 Å². The number of nitriles is 1. The Morgan fingerprint density at radius 1 is 1.11 bits per heavy atom. The molecule has 2 heterocycles. The van der Waals surface area contributed by atoms with Crippen molar-refractivity contribution in [3.63, 3.8) is 0 Å². The first-order valence-corrected chi connectivity index (χ1v) is 13.3. The number of nitrogens with zero attached hydrogens (tertiary/aromatic N) is 3. The number of hydrogen-bond acceptors (Lipinski definition) is 6. The molecule has 2 aliphatic heterocycles. The Morgan fingerprint density at radius 2 is 1.77 bits per heavy atom. The molecule has 4 saturated carbocycles. The molecule has 0 radical (unpaired) electrons. The van der Waals surface area contributed by atoms with Crippen molar-refractivity contribution in [3.8, 4) is 17.6 Å². The molecule has 186 valence electrons. The fraction of sp³-hybridized carbons (Fsp3) is 0.643. The predicted octanol–water partition coefficient (Wildman–Crippen LogP) is 3.66. The Hall–Kier alpha value is -2.72. The molecule has 6 aliphatic rings. The van der Waals surface area contributed by atoms with Crippen LogP contribution >= 0.6 is 0 Å². The second-order valence-corrected chi connectivity index (χ2v) is 11.6. The minimum absolute atomic E-state index is 0.124. The molecule has 35 heavy (non-hydrogen) atoms. The van der Waals surface area contributed by atoms with Crippen molar-refractivity contribution in [3.05, 3.63) is 35.5 Å². The molecule has 1 amide bonds.